The van der Waals surface area contributed by atoms with Crippen molar-refractivity contribution in [2.75, 3.05) is 30.9 Å². The van der Waals surface area contributed by atoms with E-state index in [1.54, 1.807) is 55.6 Å². The van der Waals surface area contributed by atoms with Crippen LogP contribution in [0.15, 0.2) is 97.8 Å². The van der Waals surface area contributed by atoms with Gasteiger partial charge in [-0.3, -0.25) is 9.59 Å². The third-order valence-electron chi connectivity index (χ3n) is 5.18. The summed E-state index contributed by atoms with van der Waals surface area (Å²) in [5.74, 6) is 1.96. The van der Waals surface area contributed by atoms with Gasteiger partial charge < -0.3 is 30.2 Å². The van der Waals surface area contributed by atoms with Crippen LogP contribution in [0.25, 0.3) is 0 Å². The molecule has 3 aromatic carbocycles. The van der Waals surface area contributed by atoms with E-state index in [-0.39, 0.29) is 5.91 Å². The second-order valence-corrected chi connectivity index (χ2v) is 8.10. The highest BCUT2D eigenvalue weighted by atomic mass is 16.5. The number of aromatic nitrogens is 2. The Morgan fingerprint density at radius 1 is 0.872 bits per heavy atom. The quantitative estimate of drug-likeness (QED) is 0.168. The molecular formula is C29H27N5O5. The van der Waals surface area contributed by atoms with E-state index in [4.69, 9.17) is 14.2 Å². The number of nitrogens with one attached hydrogen (secondary N) is 3. The van der Waals surface area contributed by atoms with Crippen molar-refractivity contribution in [3.05, 3.63) is 103 Å². The molecule has 10 heteroatoms. The van der Waals surface area contributed by atoms with Crippen molar-refractivity contribution in [3.63, 3.8) is 0 Å². The second-order valence-electron chi connectivity index (χ2n) is 8.10. The second kappa shape index (κ2) is 13.4. The van der Waals surface area contributed by atoms with Gasteiger partial charge >= 0.3 is 0 Å². The fourth-order valence-electron chi connectivity index (χ4n) is 3.40. The predicted molar refractivity (Wildman–Crippen MR) is 148 cm³/mol. The average Bonchev–Trinajstić information content (AvgIpc) is 2.95. The average molecular weight is 526 g/mol. The van der Waals surface area contributed by atoms with Crippen LogP contribution >= 0.6 is 0 Å². The minimum Gasteiger partial charge on any atom is -0.457 e. The van der Waals surface area contributed by atoms with E-state index in [0.29, 0.717) is 53.3 Å². The van der Waals surface area contributed by atoms with Crippen molar-refractivity contribution in [1.29, 1.82) is 0 Å². The molecule has 0 bridgehead atoms. The zero-order valence-corrected chi connectivity index (χ0v) is 21.2. The number of methoxy groups -OCH3 is 1. The lowest BCUT2D eigenvalue weighted by atomic mass is 10.1. The first-order valence-corrected chi connectivity index (χ1v) is 12.0. The monoisotopic (exact) mass is 525 g/mol. The van der Waals surface area contributed by atoms with Gasteiger partial charge in [0.1, 0.15) is 29.4 Å². The van der Waals surface area contributed by atoms with Crippen LogP contribution < -0.4 is 25.4 Å². The Balaban J connectivity index is 1.47. The van der Waals surface area contributed by atoms with Gasteiger partial charge in [0.05, 0.1) is 6.61 Å². The number of ether oxygens (including phenoxy) is 3. The van der Waals surface area contributed by atoms with E-state index in [0.717, 1.165) is 11.8 Å². The zero-order valence-electron chi connectivity index (χ0n) is 21.2. The van der Waals surface area contributed by atoms with Crippen LogP contribution in [0, 0.1) is 0 Å². The number of nitrogens with zero attached hydrogens (tertiary/aromatic N) is 2. The van der Waals surface area contributed by atoms with Crippen LogP contribution in [-0.4, -0.2) is 42.0 Å². The molecule has 4 aromatic rings. The van der Waals surface area contributed by atoms with Crippen molar-refractivity contribution in [3.8, 4) is 23.1 Å². The van der Waals surface area contributed by atoms with Gasteiger partial charge in [-0.1, -0.05) is 24.8 Å². The number of hydrogen-bond acceptors (Lipinski definition) is 8. The zero-order chi connectivity index (χ0) is 27.5. The number of carbonyl (C=O) groups is 2. The predicted octanol–water partition coefficient (Wildman–Crippen LogP) is 5.31. The molecular weight excluding hydrogens is 498 g/mol. The molecule has 0 aliphatic carbocycles. The molecule has 0 aliphatic rings. The molecule has 0 aliphatic heterocycles. The van der Waals surface area contributed by atoms with Crippen molar-refractivity contribution < 1.29 is 23.8 Å². The summed E-state index contributed by atoms with van der Waals surface area (Å²) >= 11 is 0. The summed E-state index contributed by atoms with van der Waals surface area (Å²) in [6, 6.07) is 23.1. The summed E-state index contributed by atoms with van der Waals surface area (Å²) in [5.41, 5.74) is 1.25. The van der Waals surface area contributed by atoms with Gasteiger partial charge in [0, 0.05) is 36.7 Å². The Kier molecular flexibility index (Phi) is 9.19. The first-order valence-electron chi connectivity index (χ1n) is 12.0. The third kappa shape index (κ3) is 8.14. The summed E-state index contributed by atoms with van der Waals surface area (Å²) < 4.78 is 16.7. The van der Waals surface area contributed by atoms with Gasteiger partial charge in [-0.15, -0.1) is 0 Å². The first-order chi connectivity index (χ1) is 19.0. The third-order valence-corrected chi connectivity index (χ3v) is 5.18. The summed E-state index contributed by atoms with van der Waals surface area (Å²) in [5, 5.41) is 8.56. The van der Waals surface area contributed by atoms with E-state index in [1.165, 1.54) is 6.33 Å². The van der Waals surface area contributed by atoms with Gasteiger partial charge in [0.2, 0.25) is 11.8 Å². The Hall–Kier alpha value is -5.22. The maximum atomic E-state index is 12.6. The number of rotatable bonds is 12. The van der Waals surface area contributed by atoms with Crippen LogP contribution in [-0.2, 0) is 9.53 Å². The number of benzene rings is 3. The van der Waals surface area contributed by atoms with Gasteiger partial charge in [-0.25, -0.2) is 9.97 Å². The summed E-state index contributed by atoms with van der Waals surface area (Å²) in [6.07, 6.45) is 2.50. The minimum atomic E-state index is -0.407. The molecule has 3 N–H and O–H groups in total. The van der Waals surface area contributed by atoms with Crippen LogP contribution in [0.2, 0.25) is 0 Å². The van der Waals surface area contributed by atoms with E-state index >= 15 is 0 Å². The highest BCUT2D eigenvalue weighted by Crippen LogP contribution is 2.28. The van der Waals surface area contributed by atoms with Crippen LogP contribution in [0.1, 0.15) is 10.4 Å². The maximum Gasteiger partial charge on any atom is 0.251 e. The van der Waals surface area contributed by atoms with Crippen LogP contribution in [0.5, 0.6) is 23.1 Å². The highest BCUT2D eigenvalue weighted by molar-refractivity contribution is 6.01. The largest absolute Gasteiger partial charge is 0.457 e. The first kappa shape index (κ1) is 26.8. The normalized spacial score (nSPS) is 10.3. The van der Waals surface area contributed by atoms with Gasteiger partial charge in [0.15, 0.2) is 0 Å². The molecule has 0 unspecified atom stereocenters. The molecule has 198 valence electrons. The van der Waals surface area contributed by atoms with Gasteiger partial charge in [-0.2, -0.15) is 0 Å². The van der Waals surface area contributed by atoms with Crippen molar-refractivity contribution >= 4 is 29.0 Å². The maximum absolute atomic E-state index is 12.6. The Morgan fingerprint density at radius 3 is 2.28 bits per heavy atom. The Morgan fingerprint density at radius 2 is 1.56 bits per heavy atom. The number of carbonyl (C=O) groups excluding carboxylic acids is 2. The van der Waals surface area contributed by atoms with Crippen LogP contribution in [0.3, 0.4) is 0 Å². The SMILES string of the molecule is C=CC(=O)Nc1cc(Nc2cc(Oc3ccc(Oc4ccccc4)cc3)ncn2)cc(C(=O)NCCOC)c1. The standard InChI is InChI=1S/C29H27N5O5/c1-3-27(35)34-22-16-20(29(36)30-13-14-37-2)15-21(17-22)33-26-18-28(32-19-31-26)39-25-11-9-24(10-12-25)38-23-7-5-4-6-8-23/h3-12,15-19H,1,13-14H2,2H3,(H,30,36)(H,34,35)(H,31,32,33). The van der Waals surface area contributed by atoms with Gasteiger partial charge in [0.25, 0.3) is 5.91 Å². The van der Waals surface area contributed by atoms with Crippen LogP contribution in [0.4, 0.5) is 17.2 Å². The molecule has 0 fully saturated rings. The summed E-state index contributed by atoms with van der Waals surface area (Å²) in [7, 11) is 1.55. The summed E-state index contributed by atoms with van der Waals surface area (Å²) in [6.45, 7) is 4.18. The molecule has 2 amide bonds. The van der Waals surface area contributed by atoms with Crippen molar-refractivity contribution in [2.24, 2.45) is 0 Å². The molecule has 0 saturated carbocycles. The Bertz CT molecular complexity index is 1430. The van der Waals surface area contributed by atoms with E-state index < -0.39 is 5.91 Å². The molecule has 10 nitrogen and oxygen atoms in total. The minimum absolute atomic E-state index is 0.304. The highest BCUT2D eigenvalue weighted by Gasteiger charge is 2.11. The molecule has 39 heavy (non-hydrogen) atoms. The number of para-hydroxylation sites is 1. The lowest BCUT2D eigenvalue weighted by Crippen LogP contribution is -2.27. The molecule has 1 heterocycles. The molecule has 0 spiro atoms. The summed E-state index contributed by atoms with van der Waals surface area (Å²) in [4.78, 5) is 32.9. The number of anilines is 3. The fourth-order valence-corrected chi connectivity index (χ4v) is 3.40. The van der Waals surface area contributed by atoms with E-state index in [2.05, 4.69) is 32.5 Å². The molecule has 0 saturated heterocycles. The Labute approximate surface area is 225 Å². The topological polar surface area (TPSA) is 124 Å². The number of hydrogen-bond donors (Lipinski definition) is 3. The van der Waals surface area contributed by atoms with Gasteiger partial charge in [-0.05, 0) is 60.7 Å². The molecule has 0 radical (unpaired) electrons. The lowest BCUT2D eigenvalue weighted by molar-refractivity contribution is -0.111. The fraction of sp³-hybridized carbons (Fsp3) is 0.103. The van der Waals surface area contributed by atoms with Crippen molar-refractivity contribution in [1.82, 2.24) is 15.3 Å². The van der Waals surface area contributed by atoms with Crippen molar-refractivity contribution in [2.45, 2.75) is 0 Å². The van der Waals surface area contributed by atoms with E-state index in [9.17, 15) is 9.59 Å². The molecule has 1 aromatic heterocycles. The number of amides is 2. The molecule has 4 rings (SSSR count). The van der Waals surface area contributed by atoms with E-state index in [1.807, 2.05) is 30.3 Å². The lowest BCUT2D eigenvalue weighted by Gasteiger charge is -2.13. The molecule has 0 atom stereocenters. The smallest absolute Gasteiger partial charge is 0.251 e.